The molecule has 0 saturated carbocycles. The van der Waals surface area contributed by atoms with Crippen LogP contribution in [0.2, 0.25) is 0 Å². The molecule has 0 N–H and O–H groups in total. The Morgan fingerprint density at radius 1 is 1.00 bits per heavy atom. The largest absolute Gasteiger partial charge is 0.450 e. The van der Waals surface area contributed by atoms with Crippen LogP contribution in [0.1, 0.15) is 73.6 Å². The Hall–Kier alpha value is -2.10. The lowest BCUT2D eigenvalue weighted by Crippen LogP contribution is -2.14. The van der Waals surface area contributed by atoms with Gasteiger partial charge in [-0.15, -0.1) is 0 Å². The lowest BCUT2D eigenvalue weighted by molar-refractivity contribution is -0.143. The first-order valence-corrected chi connectivity index (χ1v) is 9.25. The van der Waals surface area contributed by atoms with Crippen LogP contribution in [0.15, 0.2) is 46.3 Å². The molecule has 0 aromatic heterocycles. The van der Waals surface area contributed by atoms with Crippen molar-refractivity contribution < 1.29 is 19.1 Å². The number of hydrogen-bond donors (Lipinski definition) is 0. The topological polar surface area (TPSA) is 52.6 Å². The zero-order chi connectivity index (χ0) is 19.7. The first-order chi connectivity index (χ1) is 12.2. The molecule has 1 heterocycles. The van der Waals surface area contributed by atoms with E-state index in [9.17, 15) is 9.59 Å². The Bertz CT molecular complexity index is 643. The van der Waals surface area contributed by atoms with Gasteiger partial charge in [-0.25, -0.2) is 4.79 Å². The number of allylic oxidation sites excluding steroid dienone is 5. The molecular weight excluding hydrogens is 328 g/mol. The second-order valence-corrected chi connectivity index (χ2v) is 7.17. The summed E-state index contributed by atoms with van der Waals surface area (Å²) in [5, 5.41) is 0. The fraction of sp³-hybridized carbons (Fsp3) is 0.545. The summed E-state index contributed by atoms with van der Waals surface area (Å²) >= 11 is 0. The smallest absolute Gasteiger partial charge is 0.338 e. The molecule has 1 aliphatic heterocycles. The van der Waals surface area contributed by atoms with Crippen LogP contribution in [0.5, 0.6) is 0 Å². The molecule has 0 saturated heterocycles. The second-order valence-electron chi connectivity index (χ2n) is 7.17. The highest BCUT2D eigenvalue weighted by molar-refractivity contribution is 5.91. The van der Waals surface area contributed by atoms with E-state index in [0.29, 0.717) is 17.8 Å². The van der Waals surface area contributed by atoms with E-state index in [-0.39, 0.29) is 0 Å². The summed E-state index contributed by atoms with van der Waals surface area (Å²) in [4.78, 5) is 22.9. The van der Waals surface area contributed by atoms with Gasteiger partial charge in [0.1, 0.15) is 0 Å². The van der Waals surface area contributed by atoms with Crippen LogP contribution in [0.4, 0.5) is 0 Å². The van der Waals surface area contributed by atoms with E-state index in [1.165, 1.54) is 23.6 Å². The van der Waals surface area contributed by atoms with Crippen molar-refractivity contribution in [3.8, 4) is 0 Å². The molecule has 0 aromatic carbocycles. The lowest BCUT2D eigenvalue weighted by atomic mass is 10.0. The Labute approximate surface area is 157 Å². The maximum Gasteiger partial charge on any atom is 0.338 e. The van der Waals surface area contributed by atoms with E-state index in [4.69, 9.17) is 9.47 Å². The van der Waals surface area contributed by atoms with Crippen molar-refractivity contribution in [2.24, 2.45) is 0 Å². The summed E-state index contributed by atoms with van der Waals surface area (Å²) in [5.41, 5.74) is 4.39. The fourth-order valence-corrected chi connectivity index (χ4v) is 2.71. The summed E-state index contributed by atoms with van der Waals surface area (Å²) in [6.45, 7) is 11.4. The average molecular weight is 360 g/mol. The number of ether oxygens (including phenoxy) is 2. The third-order valence-electron chi connectivity index (χ3n) is 4.27. The number of cyclic esters (lactones) is 1. The van der Waals surface area contributed by atoms with Crippen LogP contribution in [0, 0.1) is 0 Å². The minimum absolute atomic E-state index is 0.349. The van der Waals surface area contributed by atoms with Crippen molar-refractivity contribution >= 4 is 11.9 Å². The molecular formula is C22H32O4. The number of carbonyl (C=O) groups is 2. The maximum absolute atomic E-state index is 11.7. The molecule has 1 atom stereocenters. The van der Waals surface area contributed by atoms with Crippen molar-refractivity contribution in [3.05, 3.63) is 46.3 Å². The lowest BCUT2D eigenvalue weighted by Gasteiger charge is -2.12. The highest BCUT2D eigenvalue weighted by Gasteiger charge is 2.33. The molecule has 0 amide bonds. The molecule has 0 aliphatic carbocycles. The van der Waals surface area contributed by atoms with Crippen LogP contribution in [0.3, 0.4) is 0 Å². The number of rotatable bonds is 9. The molecule has 0 aromatic rings. The van der Waals surface area contributed by atoms with E-state index in [0.717, 1.165) is 25.7 Å². The van der Waals surface area contributed by atoms with E-state index in [1.807, 2.05) is 0 Å². The molecule has 144 valence electrons. The highest BCUT2D eigenvalue weighted by atomic mass is 16.6. The van der Waals surface area contributed by atoms with Gasteiger partial charge in [0.05, 0.1) is 5.57 Å². The van der Waals surface area contributed by atoms with Gasteiger partial charge in [-0.1, -0.05) is 34.9 Å². The van der Waals surface area contributed by atoms with Crippen molar-refractivity contribution in [1.29, 1.82) is 0 Å². The highest BCUT2D eigenvalue weighted by Crippen LogP contribution is 2.27. The molecule has 4 heteroatoms. The predicted molar refractivity (Wildman–Crippen MR) is 104 cm³/mol. The van der Waals surface area contributed by atoms with Gasteiger partial charge in [0, 0.05) is 13.3 Å². The fourth-order valence-electron chi connectivity index (χ4n) is 2.71. The molecule has 0 radical (unpaired) electrons. The van der Waals surface area contributed by atoms with Crippen LogP contribution < -0.4 is 0 Å². The maximum atomic E-state index is 11.7. The number of esters is 2. The van der Waals surface area contributed by atoms with Crippen molar-refractivity contribution in [1.82, 2.24) is 0 Å². The van der Waals surface area contributed by atoms with Gasteiger partial charge in [0.25, 0.3) is 0 Å². The van der Waals surface area contributed by atoms with E-state index in [1.54, 1.807) is 6.92 Å². The van der Waals surface area contributed by atoms with Gasteiger partial charge in [0.2, 0.25) is 0 Å². The van der Waals surface area contributed by atoms with E-state index >= 15 is 0 Å². The molecule has 1 rings (SSSR count). The summed E-state index contributed by atoms with van der Waals surface area (Å²) in [6, 6.07) is 0. The number of hydrogen-bond acceptors (Lipinski definition) is 4. The Balaban J connectivity index is 2.49. The Morgan fingerprint density at radius 3 is 2.15 bits per heavy atom. The Kier molecular flexibility index (Phi) is 9.11. The van der Waals surface area contributed by atoms with Gasteiger partial charge in [-0.05, 0) is 60.3 Å². The summed E-state index contributed by atoms with van der Waals surface area (Å²) in [7, 11) is 0. The van der Waals surface area contributed by atoms with Crippen LogP contribution in [0.25, 0.3) is 0 Å². The van der Waals surface area contributed by atoms with Crippen molar-refractivity contribution in [3.63, 3.8) is 0 Å². The normalized spacial score (nSPS) is 18.1. The SMILES string of the molecule is CC(=O)OC1=C(C)C(=O)OC1CC=C(C)CCC=C(C)CCC=C(C)C. The summed E-state index contributed by atoms with van der Waals surface area (Å²) in [5.74, 6) is -0.495. The minimum Gasteiger partial charge on any atom is -0.450 e. The Morgan fingerprint density at radius 2 is 1.58 bits per heavy atom. The zero-order valence-electron chi connectivity index (χ0n) is 17.0. The molecule has 1 unspecified atom stereocenters. The van der Waals surface area contributed by atoms with Gasteiger partial charge >= 0.3 is 11.9 Å². The van der Waals surface area contributed by atoms with Crippen LogP contribution >= 0.6 is 0 Å². The summed E-state index contributed by atoms with van der Waals surface area (Å²) in [6.07, 6.45) is 10.8. The standard InChI is InChI=1S/C22H32O4/c1-15(2)9-7-10-16(3)11-8-12-17(4)13-14-20-21(25-19(6)23)18(5)22(24)26-20/h9,11,13,20H,7-8,10,12,14H2,1-6H3. The predicted octanol–water partition coefficient (Wildman–Crippen LogP) is 5.56. The molecule has 26 heavy (non-hydrogen) atoms. The molecule has 0 spiro atoms. The van der Waals surface area contributed by atoms with Crippen LogP contribution in [-0.4, -0.2) is 18.0 Å². The quantitative estimate of drug-likeness (QED) is 0.399. The van der Waals surface area contributed by atoms with E-state index < -0.39 is 18.0 Å². The average Bonchev–Trinajstić information content (AvgIpc) is 2.80. The summed E-state index contributed by atoms with van der Waals surface area (Å²) < 4.78 is 10.4. The first kappa shape index (κ1) is 21.9. The van der Waals surface area contributed by atoms with Gasteiger partial charge in [-0.2, -0.15) is 0 Å². The molecule has 0 fully saturated rings. The van der Waals surface area contributed by atoms with Crippen molar-refractivity contribution in [2.45, 2.75) is 79.8 Å². The first-order valence-electron chi connectivity index (χ1n) is 9.25. The molecule has 0 bridgehead atoms. The molecule has 4 nitrogen and oxygen atoms in total. The monoisotopic (exact) mass is 360 g/mol. The second kappa shape index (κ2) is 10.8. The van der Waals surface area contributed by atoms with Gasteiger partial charge < -0.3 is 9.47 Å². The van der Waals surface area contributed by atoms with Crippen LogP contribution in [-0.2, 0) is 19.1 Å². The minimum atomic E-state index is -0.498. The van der Waals surface area contributed by atoms with E-state index in [2.05, 4.69) is 45.9 Å². The van der Waals surface area contributed by atoms with Crippen molar-refractivity contribution in [2.75, 3.05) is 0 Å². The third kappa shape index (κ3) is 7.85. The zero-order valence-corrected chi connectivity index (χ0v) is 17.0. The molecule has 1 aliphatic rings. The van der Waals surface area contributed by atoms with Gasteiger partial charge in [0.15, 0.2) is 11.9 Å². The number of carbonyl (C=O) groups excluding carboxylic acids is 2. The van der Waals surface area contributed by atoms with Gasteiger partial charge in [-0.3, -0.25) is 4.79 Å². The third-order valence-corrected chi connectivity index (χ3v) is 4.27.